The number of halogens is 3. The van der Waals surface area contributed by atoms with Gasteiger partial charge >= 0.3 is 12.1 Å². The van der Waals surface area contributed by atoms with Crippen molar-refractivity contribution in [1.29, 1.82) is 0 Å². The van der Waals surface area contributed by atoms with Crippen LogP contribution in [0.5, 0.6) is 5.88 Å². The average molecular weight is 517 g/mol. The Kier molecular flexibility index (Phi) is 7.60. The summed E-state index contributed by atoms with van der Waals surface area (Å²) in [7, 11) is 2.75. The fourth-order valence-electron chi connectivity index (χ4n) is 5.03. The number of ether oxygens (including phenoxy) is 2. The number of carbonyl (C=O) groups excluding carboxylic acids is 1. The van der Waals surface area contributed by atoms with E-state index in [-0.39, 0.29) is 23.2 Å². The number of aromatic nitrogens is 4. The first kappa shape index (κ1) is 26.3. The van der Waals surface area contributed by atoms with Gasteiger partial charge in [-0.15, -0.1) is 0 Å². The second kappa shape index (κ2) is 10.7. The standard InChI is InChI=1S/C26H27F3N4O4/c1-15-10-12-31-23(36-2)22(15)17-8-6-16(7-9-17)18-13-20(25(35)37-3)32-33(24(18)34)14-21-19(26(27,28)29)5-4-11-30-21/h4-5,10-13,16-17H,6-9,14H2,1-3H3. The molecule has 0 bridgehead atoms. The molecule has 0 radical (unpaired) electrons. The molecule has 1 aliphatic carbocycles. The maximum absolute atomic E-state index is 13.5. The van der Waals surface area contributed by atoms with Crippen LogP contribution in [0.2, 0.25) is 0 Å². The van der Waals surface area contributed by atoms with Crippen molar-refractivity contribution in [3.8, 4) is 5.88 Å². The highest BCUT2D eigenvalue weighted by Gasteiger charge is 2.35. The molecule has 0 aliphatic heterocycles. The molecule has 196 valence electrons. The second-order valence-corrected chi connectivity index (χ2v) is 9.03. The number of esters is 1. The molecule has 8 nitrogen and oxygen atoms in total. The van der Waals surface area contributed by atoms with Crippen molar-refractivity contribution in [2.75, 3.05) is 14.2 Å². The highest BCUT2D eigenvalue weighted by atomic mass is 19.4. The fraction of sp³-hybridized carbons (Fsp3) is 0.423. The van der Waals surface area contributed by atoms with E-state index >= 15 is 0 Å². The molecule has 3 aromatic rings. The van der Waals surface area contributed by atoms with Crippen LogP contribution in [0.15, 0.2) is 41.5 Å². The van der Waals surface area contributed by atoms with Gasteiger partial charge in [0, 0.05) is 23.5 Å². The van der Waals surface area contributed by atoms with Gasteiger partial charge in [-0.1, -0.05) is 0 Å². The Morgan fingerprint density at radius 2 is 1.78 bits per heavy atom. The number of alkyl halides is 3. The Morgan fingerprint density at radius 1 is 1.08 bits per heavy atom. The van der Waals surface area contributed by atoms with E-state index in [2.05, 4.69) is 15.1 Å². The largest absolute Gasteiger partial charge is 0.481 e. The summed E-state index contributed by atoms with van der Waals surface area (Å²) in [5, 5.41) is 4.01. The van der Waals surface area contributed by atoms with Crippen LogP contribution in [0.3, 0.4) is 0 Å². The van der Waals surface area contributed by atoms with Crippen LogP contribution >= 0.6 is 0 Å². The maximum Gasteiger partial charge on any atom is 0.418 e. The molecule has 0 spiro atoms. The van der Waals surface area contributed by atoms with E-state index in [1.165, 1.54) is 25.4 Å². The molecule has 0 N–H and O–H groups in total. The molecule has 1 fully saturated rings. The van der Waals surface area contributed by atoms with Crippen molar-refractivity contribution in [3.63, 3.8) is 0 Å². The third-order valence-corrected chi connectivity index (χ3v) is 6.83. The molecule has 1 aliphatic rings. The molecule has 0 unspecified atom stereocenters. The molecule has 0 amide bonds. The Balaban J connectivity index is 1.67. The first-order valence-corrected chi connectivity index (χ1v) is 11.8. The van der Waals surface area contributed by atoms with Crippen LogP contribution in [0.25, 0.3) is 0 Å². The molecule has 0 aromatic carbocycles. The van der Waals surface area contributed by atoms with Gasteiger partial charge in [0.25, 0.3) is 5.56 Å². The molecular formula is C26H27F3N4O4. The number of aryl methyl sites for hydroxylation is 1. The van der Waals surface area contributed by atoms with E-state index in [4.69, 9.17) is 9.47 Å². The first-order valence-electron chi connectivity index (χ1n) is 11.8. The SMILES string of the molecule is COC(=O)c1cc(C2CCC(c3c(C)ccnc3OC)CC2)c(=O)n(Cc2ncccc2C(F)(F)F)n1. The summed E-state index contributed by atoms with van der Waals surface area (Å²) < 4.78 is 51.6. The van der Waals surface area contributed by atoms with Gasteiger partial charge in [0.15, 0.2) is 5.69 Å². The average Bonchev–Trinajstić information content (AvgIpc) is 2.89. The van der Waals surface area contributed by atoms with Crippen LogP contribution < -0.4 is 10.3 Å². The molecule has 3 heterocycles. The van der Waals surface area contributed by atoms with E-state index in [0.29, 0.717) is 24.3 Å². The molecule has 0 saturated heterocycles. The lowest BCUT2D eigenvalue weighted by Gasteiger charge is -2.30. The fourth-order valence-corrected chi connectivity index (χ4v) is 5.03. The minimum atomic E-state index is -4.65. The summed E-state index contributed by atoms with van der Waals surface area (Å²) in [6, 6.07) is 5.40. The van der Waals surface area contributed by atoms with Gasteiger partial charge in [-0.25, -0.2) is 14.5 Å². The Bertz CT molecular complexity index is 1350. The van der Waals surface area contributed by atoms with Crippen molar-refractivity contribution in [3.05, 3.63) is 80.7 Å². The Labute approximate surface area is 211 Å². The third-order valence-electron chi connectivity index (χ3n) is 6.83. The zero-order valence-corrected chi connectivity index (χ0v) is 20.7. The summed E-state index contributed by atoms with van der Waals surface area (Å²) in [5.41, 5.74) is 0.424. The number of hydrogen-bond acceptors (Lipinski definition) is 7. The van der Waals surface area contributed by atoms with E-state index < -0.39 is 29.8 Å². The number of nitrogens with zero attached hydrogens (tertiary/aromatic N) is 4. The number of rotatable bonds is 6. The van der Waals surface area contributed by atoms with Crippen molar-refractivity contribution < 1.29 is 27.4 Å². The highest BCUT2D eigenvalue weighted by molar-refractivity contribution is 5.87. The van der Waals surface area contributed by atoms with E-state index in [1.807, 2.05) is 13.0 Å². The van der Waals surface area contributed by atoms with Gasteiger partial charge in [-0.3, -0.25) is 9.78 Å². The zero-order valence-electron chi connectivity index (χ0n) is 20.7. The van der Waals surface area contributed by atoms with Gasteiger partial charge in [0.2, 0.25) is 5.88 Å². The van der Waals surface area contributed by atoms with Crippen LogP contribution in [0.1, 0.15) is 76.0 Å². The molecule has 3 aromatic heterocycles. The van der Waals surface area contributed by atoms with Crippen LogP contribution in [0.4, 0.5) is 13.2 Å². The van der Waals surface area contributed by atoms with Crippen LogP contribution in [-0.4, -0.2) is 39.9 Å². The van der Waals surface area contributed by atoms with Gasteiger partial charge in [0.1, 0.15) is 0 Å². The normalized spacial score (nSPS) is 17.9. The number of carbonyl (C=O) groups is 1. The van der Waals surface area contributed by atoms with Crippen molar-refractivity contribution in [2.45, 2.75) is 57.2 Å². The lowest BCUT2D eigenvalue weighted by Crippen LogP contribution is -2.32. The zero-order chi connectivity index (χ0) is 26.7. The summed E-state index contributed by atoms with van der Waals surface area (Å²) >= 11 is 0. The molecule has 11 heteroatoms. The molecule has 1 saturated carbocycles. The predicted octanol–water partition coefficient (Wildman–Crippen LogP) is 4.65. The highest BCUT2D eigenvalue weighted by Crippen LogP contribution is 2.43. The summed E-state index contributed by atoms with van der Waals surface area (Å²) in [4.78, 5) is 33.9. The van der Waals surface area contributed by atoms with E-state index in [1.54, 1.807) is 13.3 Å². The number of methoxy groups -OCH3 is 2. The minimum Gasteiger partial charge on any atom is -0.481 e. The Hall–Kier alpha value is -3.76. The number of pyridine rings is 2. The van der Waals surface area contributed by atoms with Crippen LogP contribution in [-0.2, 0) is 17.5 Å². The van der Waals surface area contributed by atoms with Crippen molar-refractivity contribution in [1.82, 2.24) is 19.7 Å². The summed E-state index contributed by atoms with van der Waals surface area (Å²) in [6.45, 7) is 1.47. The van der Waals surface area contributed by atoms with Gasteiger partial charge in [-0.05, 0) is 74.3 Å². The Morgan fingerprint density at radius 3 is 2.43 bits per heavy atom. The molecular weight excluding hydrogens is 489 g/mol. The minimum absolute atomic E-state index is 0.145. The van der Waals surface area contributed by atoms with E-state index in [9.17, 15) is 22.8 Å². The molecule has 4 rings (SSSR count). The topological polar surface area (TPSA) is 96.2 Å². The first-order chi connectivity index (χ1) is 17.6. The van der Waals surface area contributed by atoms with Crippen LogP contribution in [0, 0.1) is 6.92 Å². The summed E-state index contributed by atoms with van der Waals surface area (Å²) in [5.74, 6) is -0.211. The number of hydrogen-bond donors (Lipinski definition) is 0. The van der Waals surface area contributed by atoms with E-state index in [0.717, 1.165) is 34.7 Å². The third kappa shape index (κ3) is 5.50. The smallest absolute Gasteiger partial charge is 0.418 e. The quantitative estimate of drug-likeness (QED) is 0.440. The lowest BCUT2D eigenvalue weighted by molar-refractivity contribution is -0.138. The van der Waals surface area contributed by atoms with Crippen molar-refractivity contribution in [2.24, 2.45) is 0 Å². The van der Waals surface area contributed by atoms with Crippen molar-refractivity contribution >= 4 is 5.97 Å². The monoisotopic (exact) mass is 516 g/mol. The van der Waals surface area contributed by atoms with Gasteiger partial charge in [0.05, 0.1) is 32.0 Å². The van der Waals surface area contributed by atoms with Gasteiger partial charge in [-0.2, -0.15) is 18.3 Å². The molecule has 0 atom stereocenters. The summed E-state index contributed by atoms with van der Waals surface area (Å²) in [6.07, 6.45) is 1.04. The lowest BCUT2D eigenvalue weighted by atomic mass is 9.75. The van der Waals surface area contributed by atoms with Gasteiger partial charge < -0.3 is 9.47 Å². The second-order valence-electron chi connectivity index (χ2n) is 9.03. The predicted molar refractivity (Wildman–Crippen MR) is 128 cm³/mol. The molecule has 37 heavy (non-hydrogen) atoms. The maximum atomic E-state index is 13.5.